The molecule has 0 heterocycles. The molecule has 1 saturated carbocycles. The van der Waals surface area contributed by atoms with Crippen LogP contribution in [0.25, 0.3) is 0 Å². The third-order valence-electron chi connectivity index (χ3n) is 1.76. The minimum absolute atomic E-state index is 0.00854. The van der Waals surface area contributed by atoms with E-state index in [-0.39, 0.29) is 5.41 Å². The maximum Gasteiger partial charge on any atom is 0.126 e. The van der Waals surface area contributed by atoms with Crippen LogP contribution in [-0.2, 0) is 4.79 Å². The summed E-state index contributed by atoms with van der Waals surface area (Å²) >= 11 is 5.30. The Morgan fingerprint density at radius 1 is 1.56 bits per heavy atom. The van der Waals surface area contributed by atoms with E-state index in [1.165, 1.54) is 5.54 Å². The highest BCUT2D eigenvalue weighted by molar-refractivity contribution is 6.25. The zero-order chi connectivity index (χ0) is 6.74. The van der Waals surface area contributed by atoms with Crippen LogP contribution in [-0.4, -0.2) is 6.29 Å². The lowest BCUT2D eigenvalue weighted by Gasteiger charge is -1.97. The highest BCUT2D eigenvalue weighted by Gasteiger charge is 2.40. The van der Waals surface area contributed by atoms with Crippen LogP contribution in [0.2, 0.25) is 0 Å². The molecule has 0 saturated heterocycles. The van der Waals surface area contributed by atoms with Crippen molar-refractivity contribution in [2.75, 3.05) is 0 Å². The van der Waals surface area contributed by atoms with Gasteiger partial charge in [0, 0.05) is 11.0 Å². The summed E-state index contributed by atoms with van der Waals surface area (Å²) in [4.78, 5) is 10.3. The Balaban J connectivity index is 2.33. The third-order valence-corrected chi connectivity index (χ3v) is 1.93. The van der Waals surface area contributed by atoms with Gasteiger partial charge < -0.3 is 4.79 Å². The van der Waals surface area contributed by atoms with Gasteiger partial charge in [-0.05, 0) is 19.3 Å². The van der Waals surface area contributed by atoms with E-state index < -0.39 is 0 Å². The van der Waals surface area contributed by atoms with Crippen molar-refractivity contribution >= 4 is 17.9 Å². The summed E-state index contributed by atoms with van der Waals surface area (Å²) in [6.45, 7) is 0. The summed E-state index contributed by atoms with van der Waals surface area (Å²) in [5.74, 6) is 0. The van der Waals surface area contributed by atoms with Crippen molar-refractivity contribution in [2.45, 2.75) is 19.3 Å². The summed E-state index contributed by atoms with van der Waals surface area (Å²) in [6.07, 6.45) is 5.78. The Morgan fingerprint density at radius 2 is 2.22 bits per heavy atom. The van der Waals surface area contributed by atoms with Crippen LogP contribution in [0, 0.1) is 5.41 Å². The van der Waals surface area contributed by atoms with Crippen molar-refractivity contribution in [3.05, 3.63) is 11.6 Å². The Labute approximate surface area is 59.7 Å². The molecule has 1 rings (SSSR count). The molecule has 0 aliphatic heterocycles. The van der Waals surface area contributed by atoms with Gasteiger partial charge in [-0.1, -0.05) is 17.7 Å². The van der Waals surface area contributed by atoms with Gasteiger partial charge >= 0.3 is 0 Å². The Bertz CT molecular complexity index is 136. The predicted molar refractivity (Wildman–Crippen MR) is 37.3 cm³/mol. The summed E-state index contributed by atoms with van der Waals surface area (Å²) in [5.41, 5.74) is 1.47. The zero-order valence-electron chi connectivity index (χ0n) is 5.14. The van der Waals surface area contributed by atoms with Gasteiger partial charge in [0.25, 0.3) is 0 Å². The fourth-order valence-electron chi connectivity index (χ4n) is 0.810. The molecule has 1 nitrogen and oxygen atoms in total. The van der Waals surface area contributed by atoms with E-state index in [1.807, 2.05) is 6.08 Å². The lowest BCUT2D eigenvalue weighted by Crippen LogP contribution is -1.98. The molecule has 0 atom stereocenters. The minimum atomic E-state index is -0.00854. The maximum atomic E-state index is 10.3. The van der Waals surface area contributed by atoms with Crippen molar-refractivity contribution in [2.24, 2.45) is 5.41 Å². The van der Waals surface area contributed by atoms with E-state index in [9.17, 15) is 4.79 Å². The van der Waals surface area contributed by atoms with Crippen molar-refractivity contribution in [1.29, 1.82) is 0 Å². The first kappa shape index (κ1) is 6.81. The van der Waals surface area contributed by atoms with Crippen LogP contribution in [0.15, 0.2) is 11.6 Å². The van der Waals surface area contributed by atoms with Gasteiger partial charge in [-0.3, -0.25) is 0 Å². The average molecular weight is 145 g/mol. The van der Waals surface area contributed by atoms with E-state index in [0.29, 0.717) is 0 Å². The van der Waals surface area contributed by atoms with Crippen LogP contribution in [0.3, 0.4) is 0 Å². The molecule has 0 spiro atoms. The molecule has 1 aliphatic rings. The highest BCUT2D eigenvalue weighted by atomic mass is 35.5. The van der Waals surface area contributed by atoms with Crippen LogP contribution in [0.5, 0.6) is 0 Å². The van der Waals surface area contributed by atoms with Crippen molar-refractivity contribution < 1.29 is 4.79 Å². The summed E-state index contributed by atoms with van der Waals surface area (Å²) in [6, 6.07) is 0. The Morgan fingerprint density at radius 3 is 2.56 bits per heavy atom. The topological polar surface area (TPSA) is 17.1 Å². The molecular formula is C7H9ClO. The van der Waals surface area contributed by atoms with Gasteiger partial charge in [0.2, 0.25) is 0 Å². The number of carbonyl (C=O) groups excluding carboxylic acids is 1. The number of hydrogen-bond donors (Lipinski definition) is 0. The van der Waals surface area contributed by atoms with Crippen molar-refractivity contribution in [3.63, 3.8) is 0 Å². The fourth-order valence-corrected chi connectivity index (χ4v) is 0.899. The molecule has 0 radical (unpaired) electrons. The second-order valence-electron chi connectivity index (χ2n) is 2.55. The summed E-state index contributed by atoms with van der Waals surface area (Å²) in [5, 5.41) is 0. The first-order valence-electron chi connectivity index (χ1n) is 3.04. The van der Waals surface area contributed by atoms with E-state index in [2.05, 4.69) is 0 Å². The number of allylic oxidation sites excluding steroid dienone is 1. The summed E-state index contributed by atoms with van der Waals surface area (Å²) in [7, 11) is 0. The number of carbonyl (C=O) groups is 1. The molecule has 2 heteroatoms. The predicted octanol–water partition coefficient (Wildman–Crippen LogP) is 2.11. The molecule has 0 aromatic rings. The average Bonchev–Trinajstić information content (AvgIpc) is 2.65. The molecule has 0 aromatic carbocycles. The van der Waals surface area contributed by atoms with Gasteiger partial charge in [0.05, 0.1) is 0 Å². The van der Waals surface area contributed by atoms with E-state index in [1.54, 1.807) is 0 Å². The molecule has 1 fully saturated rings. The quantitative estimate of drug-likeness (QED) is 0.555. The molecule has 9 heavy (non-hydrogen) atoms. The molecule has 1 aliphatic carbocycles. The molecule has 0 aromatic heterocycles. The Kier molecular flexibility index (Phi) is 1.91. The van der Waals surface area contributed by atoms with Gasteiger partial charge in [-0.25, -0.2) is 0 Å². The lowest BCUT2D eigenvalue weighted by molar-refractivity contribution is -0.112. The van der Waals surface area contributed by atoms with Crippen LogP contribution < -0.4 is 0 Å². The largest absolute Gasteiger partial charge is 0.303 e. The SMILES string of the molecule is O=CC1(C/C=C/Cl)CC1. The number of halogens is 1. The summed E-state index contributed by atoms with van der Waals surface area (Å²) < 4.78 is 0. The fraction of sp³-hybridized carbons (Fsp3) is 0.571. The van der Waals surface area contributed by atoms with E-state index in [0.717, 1.165) is 25.5 Å². The zero-order valence-corrected chi connectivity index (χ0v) is 5.90. The minimum Gasteiger partial charge on any atom is -0.303 e. The highest BCUT2D eigenvalue weighted by Crippen LogP contribution is 2.46. The van der Waals surface area contributed by atoms with Gasteiger partial charge in [-0.15, -0.1) is 0 Å². The van der Waals surface area contributed by atoms with Gasteiger partial charge in [0.15, 0.2) is 0 Å². The molecule has 0 N–H and O–H groups in total. The van der Waals surface area contributed by atoms with Gasteiger partial charge in [-0.2, -0.15) is 0 Å². The maximum absolute atomic E-state index is 10.3. The Hall–Kier alpha value is -0.300. The number of rotatable bonds is 3. The molecule has 0 bridgehead atoms. The lowest BCUT2D eigenvalue weighted by atomic mass is 10.1. The van der Waals surface area contributed by atoms with Gasteiger partial charge in [0.1, 0.15) is 6.29 Å². The molecule has 50 valence electrons. The second kappa shape index (κ2) is 2.53. The monoisotopic (exact) mass is 144 g/mol. The van der Waals surface area contributed by atoms with Crippen LogP contribution >= 0.6 is 11.6 Å². The standard InChI is InChI=1S/C7H9ClO/c8-5-1-2-7(6-9)3-4-7/h1,5-6H,2-4H2/b5-1+. The number of aldehydes is 1. The molecule has 0 amide bonds. The van der Waals surface area contributed by atoms with E-state index >= 15 is 0 Å². The van der Waals surface area contributed by atoms with Crippen LogP contribution in [0.4, 0.5) is 0 Å². The van der Waals surface area contributed by atoms with E-state index in [4.69, 9.17) is 11.6 Å². The third kappa shape index (κ3) is 1.55. The van der Waals surface area contributed by atoms with Crippen molar-refractivity contribution in [3.8, 4) is 0 Å². The van der Waals surface area contributed by atoms with Crippen LogP contribution in [0.1, 0.15) is 19.3 Å². The second-order valence-corrected chi connectivity index (χ2v) is 2.80. The number of hydrogen-bond acceptors (Lipinski definition) is 1. The molecule has 0 unspecified atom stereocenters. The van der Waals surface area contributed by atoms with Crippen molar-refractivity contribution in [1.82, 2.24) is 0 Å². The smallest absolute Gasteiger partial charge is 0.126 e. The first-order chi connectivity index (χ1) is 4.33. The normalized spacial score (nSPS) is 22.3. The first-order valence-corrected chi connectivity index (χ1v) is 3.48. The molecular weight excluding hydrogens is 136 g/mol.